The van der Waals surface area contributed by atoms with Crippen molar-refractivity contribution in [1.29, 1.82) is 0 Å². The summed E-state index contributed by atoms with van der Waals surface area (Å²) in [6, 6.07) is 14.3. The lowest BCUT2D eigenvalue weighted by Gasteiger charge is -2.07. The summed E-state index contributed by atoms with van der Waals surface area (Å²) in [4.78, 5) is 9.86. The molecule has 0 radical (unpaired) electrons. The Morgan fingerprint density at radius 1 is 1.04 bits per heavy atom. The minimum atomic E-state index is 0.291. The van der Waals surface area contributed by atoms with Crippen molar-refractivity contribution in [3.63, 3.8) is 0 Å². The third kappa shape index (κ3) is 2.15. The molecule has 0 fully saturated rings. The van der Waals surface area contributed by atoms with Crippen molar-refractivity contribution in [1.82, 2.24) is 9.97 Å². The lowest BCUT2D eigenvalue weighted by atomic mass is 10.2. The number of fused-ring (bicyclic) bond motifs is 4. The molecule has 0 spiro atoms. The maximum absolute atomic E-state index is 5.43. The van der Waals surface area contributed by atoms with Gasteiger partial charge in [-0.15, -0.1) is 11.3 Å². The van der Waals surface area contributed by atoms with Crippen LogP contribution in [-0.4, -0.2) is 16.8 Å². The van der Waals surface area contributed by atoms with Gasteiger partial charge in [0.05, 0.1) is 5.39 Å². The zero-order valence-electron chi connectivity index (χ0n) is 12.7. The van der Waals surface area contributed by atoms with Gasteiger partial charge in [0.15, 0.2) is 11.5 Å². The molecule has 0 unspecified atom stereocenters. The van der Waals surface area contributed by atoms with E-state index in [9.17, 15) is 0 Å². The van der Waals surface area contributed by atoms with Crippen molar-refractivity contribution in [2.75, 3.05) is 12.1 Å². The summed E-state index contributed by atoms with van der Waals surface area (Å²) in [6.45, 7) is 0.951. The quantitative estimate of drug-likeness (QED) is 0.608. The van der Waals surface area contributed by atoms with E-state index in [1.165, 1.54) is 10.1 Å². The van der Waals surface area contributed by atoms with E-state index in [-0.39, 0.29) is 0 Å². The molecule has 0 saturated heterocycles. The Hall–Kier alpha value is -2.86. The van der Waals surface area contributed by atoms with Crippen LogP contribution in [0.5, 0.6) is 11.5 Å². The van der Waals surface area contributed by atoms with Gasteiger partial charge in [-0.3, -0.25) is 0 Å². The van der Waals surface area contributed by atoms with Crippen LogP contribution in [0.4, 0.5) is 5.82 Å². The van der Waals surface area contributed by atoms with Crippen LogP contribution < -0.4 is 14.8 Å². The second-order valence-corrected chi connectivity index (χ2v) is 6.57. The van der Waals surface area contributed by atoms with Crippen molar-refractivity contribution < 1.29 is 9.47 Å². The summed E-state index contributed by atoms with van der Waals surface area (Å²) in [5, 5.41) is 5.70. The number of nitrogens with one attached hydrogen (secondary N) is 1. The van der Waals surface area contributed by atoms with Crippen molar-refractivity contribution in [2.45, 2.75) is 6.54 Å². The SMILES string of the molecule is c1ccc2c(c1)sc1ncnc(NCc3ccc4c(c3)OCO4)c12. The minimum Gasteiger partial charge on any atom is -0.454 e. The molecule has 24 heavy (non-hydrogen) atoms. The molecule has 4 aromatic rings. The molecule has 3 heterocycles. The molecule has 1 N–H and O–H groups in total. The Morgan fingerprint density at radius 3 is 2.96 bits per heavy atom. The summed E-state index contributed by atoms with van der Waals surface area (Å²) in [7, 11) is 0. The van der Waals surface area contributed by atoms with Gasteiger partial charge in [-0.25, -0.2) is 9.97 Å². The molecular weight excluding hydrogens is 322 g/mol. The molecule has 5 nitrogen and oxygen atoms in total. The zero-order chi connectivity index (χ0) is 15.9. The average Bonchev–Trinajstić information content (AvgIpc) is 3.23. The van der Waals surface area contributed by atoms with Crippen LogP contribution in [0, 0.1) is 0 Å². The summed E-state index contributed by atoms with van der Waals surface area (Å²) >= 11 is 1.69. The number of anilines is 1. The number of hydrogen-bond donors (Lipinski definition) is 1. The van der Waals surface area contributed by atoms with Gasteiger partial charge in [-0.05, 0) is 23.8 Å². The van der Waals surface area contributed by atoms with E-state index in [4.69, 9.17) is 9.47 Å². The van der Waals surface area contributed by atoms with Crippen molar-refractivity contribution in [3.8, 4) is 11.5 Å². The van der Waals surface area contributed by atoms with Gasteiger partial charge in [0.25, 0.3) is 0 Å². The first-order chi connectivity index (χ1) is 11.9. The molecule has 1 aliphatic heterocycles. The Kier molecular flexibility index (Phi) is 3.02. The summed E-state index contributed by atoms with van der Waals surface area (Å²) in [5.41, 5.74) is 1.12. The smallest absolute Gasteiger partial charge is 0.231 e. The topological polar surface area (TPSA) is 56.3 Å². The lowest BCUT2D eigenvalue weighted by molar-refractivity contribution is 0.174. The number of benzene rings is 2. The monoisotopic (exact) mass is 335 g/mol. The number of nitrogens with zero attached hydrogens (tertiary/aromatic N) is 2. The first-order valence-electron chi connectivity index (χ1n) is 7.63. The molecule has 6 heteroatoms. The highest BCUT2D eigenvalue weighted by atomic mass is 32.1. The number of rotatable bonds is 3. The number of thiophene rings is 1. The van der Waals surface area contributed by atoms with Crippen LogP contribution >= 0.6 is 11.3 Å². The zero-order valence-corrected chi connectivity index (χ0v) is 13.5. The van der Waals surface area contributed by atoms with E-state index < -0.39 is 0 Å². The fourth-order valence-corrected chi connectivity index (χ4v) is 3.97. The Labute approximate surface area is 141 Å². The van der Waals surface area contributed by atoms with Crippen molar-refractivity contribution >= 4 is 37.5 Å². The van der Waals surface area contributed by atoms with Gasteiger partial charge >= 0.3 is 0 Å². The summed E-state index contributed by atoms with van der Waals surface area (Å²) in [6.07, 6.45) is 1.61. The highest BCUT2D eigenvalue weighted by Crippen LogP contribution is 2.36. The Balaban J connectivity index is 1.51. The van der Waals surface area contributed by atoms with E-state index in [1.807, 2.05) is 30.3 Å². The second kappa shape index (κ2) is 5.35. The molecule has 5 rings (SSSR count). The largest absolute Gasteiger partial charge is 0.454 e. The van der Waals surface area contributed by atoms with Crippen LogP contribution in [0.15, 0.2) is 48.8 Å². The normalized spacial score (nSPS) is 12.8. The maximum atomic E-state index is 5.43. The fourth-order valence-electron chi connectivity index (χ4n) is 2.93. The Morgan fingerprint density at radius 2 is 1.96 bits per heavy atom. The fraction of sp³-hybridized carbons (Fsp3) is 0.111. The van der Waals surface area contributed by atoms with Gasteiger partial charge in [-0.2, -0.15) is 0 Å². The molecule has 0 aliphatic carbocycles. The molecule has 2 aromatic carbocycles. The van der Waals surface area contributed by atoms with Crippen LogP contribution in [-0.2, 0) is 6.54 Å². The standard InChI is InChI=1S/C18H13N3O2S/c1-2-4-15-12(3-1)16-17(20-9-21-18(16)24-15)19-8-11-5-6-13-14(7-11)23-10-22-13/h1-7,9H,8,10H2,(H,19,20,21). The summed E-state index contributed by atoms with van der Waals surface area (Å²) in [5.74, 6) is 2.45. The number of ether oxygens (including phenoxy) is 2. The Bertz CT molecular complexity index is 1060. The van der Waals surface area contributed by atoms with Gasteiger partial charge in [0, 0.05) is 16.6 Å². The van der Waals surface area contributed by atoms with Gasteiger partial charge < -0.3 is 14.8 Å². The van der Waals surface area contributed by atoms with Crippen LogP contribution in [0.3, 0.4) is 0 Å². The van der Waals surface area contributed by atoms with Crippen molar-refractivity contribution in [2.24, 2.45) is 0 Å². The van der Waals surface area contributed by atoms with E-state index >= 15 is 0 Å². The number of hydrogen-bond acceptors (Lipinski definition) is 6. The first-order valence-corrected chi connectivity index (χ1v) is 8.45. The van der Waals surface area contributed by atoms with Crippen LogP contribution in [0.1, 0.15) is 5.56 Å². The molecule has 0 saturated carbocycles. The van der Waals surface area contributed by atoms with Gasteiger partial charge in [0.1, 0.15) is 17.0 Å². The first kappa shape index (κ1) is 13.6. The summed E-state index contributed by atoms with van der Waals surface area (Å²) < 4.78 is 12.0. The van der Waals surface area contributed by atoms with E-state index in [0.29, 0.717) is 13.3 Å². The van der Waals surface area contributed by atoms with E-state index in [1.54, 1.807) is 17.7 Å². The third-order valence-corrected chi connectivity index (χ3v) is 5.15. The highest BCUT2D eigenvalue weighted by Gasteiger charge is 2.14. The van der Waals surface area contributed by atoms with Crippen LogP contribution in [0.2, 0.25) is 0 Å². The lowest BCUT2D eigenvalue weighted by Crippen LogP contribution is -2.02. The molecule has 118 valence electrons. The molecule has 0 atom stereocenters. The van der Waals surface area contributed by atoms with E-state index in [0.717, 1.165) is 33.1 Å². The predicted octanol–water partition coefficient (Wildman–Crippen LogP) is 4.19. The minimum absolute atomic E-state index is 0.291. The molecule has 0 amide bonds. The van der Waals surface area contributed by atoms with Crippen molar-refractivity contribution in [3.05, 3.63) is 54.4 Å². The maximum Gasteiger partial charge on any atom is 0.231 e. The molecular formula is C18H13N3O2S. The molecule has 2 aromatic heterocycles. The third-order valence-electron chi connectivity index (χ3n) is 4.07. The molecule has 0 bridgehead atoms. The average molecular weight is 335 g/mol. The number of aromatic nitrogens is 2. The molecule has 1 aliphatic rings. The second-order valence-electron chi connectivity index (χ2n) is 5.54. The highest BCUT2D eigenvalue weighted by molar-refractivity contribution is 7.25. The van der Waals surface area contributed by atoms with Crippen LogP contribution in [0.25, 0.3) is 20.3 Å². The van der Waals surface area contributed by atoms with E-state index in [2.05, 4.69) is 27.4 Å². The van der Waals surface area contributed by atoms with Gasteiger partial charge in [0.2, 0.25) is 6.79 Å². The van der Waals surface area contributed by atoms with Gasteiger partial charge in [-0.1, -0.05) is 24.3 Å². The predicted molar refractivity (Wildman–Crippen MR) is 94.8 cm³/mol.